The largest absolute Gasteiger partial charge is 0.353 e. The van der Waals surface area contributed by atoms with E-state index in [2.05, 4.69) is 49.8 Å². The van der Waals surface area contributed by atoms with Crippen molar-refractivity contribution in [1.82, 2.24) is 20.6 Å². The molecule has 148 valence electrons. The summed E-state index contributed by atoms with van der Waals surface area (Å²) in [5.41, 5.74) is 3.01. The van der Waals surface area contributed by atoms with Crippen LogP contribution in [-0.2, 0) is 6.42 Å². The first kappa shape index (κ1) is 19.1. The van der Waals surface area contributed by atoms with E-state index in [4.69, 9.17) is 0 Å². The summed E-state index contributed by atoms with van der Waals surface area (Å²) in [6, 6.07) is 18.2. The van der Waals surface area contributed by atoms with Crippen LogP contribution in [0.3, 0.4) is 0 Å². The van der Waals surface area contributed by atoms with Crippen LogP contribution in [0.25, 0.3) is 0 Å². The third kappa shape index (κ3) is 4.97. The number of carbonyl (C=O) groups excluding carboxylic acids is 1. The number of benzene rings is 1. The van der Waals surface area contributed by atoms with Crippen LogP contribution in [0.15, 0.2) is 73.2 Å². The quantitative estimate of drug-likeness (QED) is 0.680. The van der Waals surface area contributed by atoms with E-state index in [9.17, 15) is 4.79 Å². The normalized spacial score (nSPS) is 16.4. The zero-order valence-corrected chi connectivity index (χ0v) is 16.3. The number of pyridine rings is 2. The Morgan fingerprint density at radius 3 is 2.86 bits per heavy atom. The zero-order valence-electron chi connectivity index (χ0n) is 16.3. The maximum atomic E-state index is 12.6. The lowest BCUT2D eigenvalue weighted by atomic mass is 10.0. The van der Waals surface area contributed by atoms with Gasteiger partial charge in [0, 0.05) is 56.4 Å². The number of anilines is 1. The highest BCUT2D eigenvalue weighted by atomic mass is 16.1. The molecule has 0 spiro atoms. The molecule has 3 heterocycles. The molecule has 1 fully saturated rings. The van der Waals surface area contributed by atoms with Crippen molar-refractivity contribution in [3.8, 4) is 0 Å². The smallest absolute Gasteiger partial charge is 0.251 e. The molecule has 2 N–H and O–H groups in total. The van der Waals surface area contributed by atoms with Crippen LogP contribution in [-0.4, -0.2) is 42.1 Å². The fraction of sp³-hybridized carbons (Fsp3) is 0.261. The predicted octanol–water partition coefficient (Wildman–Crippen LogP) is 2.60. The van der Waals surface area contributed by atoms with Crippen molar-refractivity contribution in [2.24, 2.45) is 0 Å². The van der Waals surface area contributed by atoms with E-state index in [1.165, 1.54) is 5.56 Å². The first-order chi connectivity index (χ1) is 14.3. The van der Waals surface area contributed by atoms with Crippen molar-refractivity contribution >= 4 is 11.7 Å². The molecular weight excluding hydrogens is 362 g/mol. The Morgan fingerprint density at radius 1 is 1.14 bits per heavy atom. The number of hydrogen-bond acceptors (Lipinski definition) is 5. The second-order valence-corrected chi connectivity index (χ2v) is 7.13. The third-order valence-corrected chi connectivity index (χ3v) is 5.13. The summed E-state index contributed by atoms with van der Waals surface area (Å²) >= 11 is 0. The van der Waals surface area contributed by atoms with Gasteiger partial charge in [0.15, 0.2) is 0 Å². The van der Waals surface area contributed by atoms with E-state index in [0.29, 0.717) is 12.1 Å². The molecule has 6 heteroatoms. The van der Waals surface area contributed by atoms with Gasteiger partial charge in [0.25, 0.3) is 5.91 Å². The molecule has 3 aromatic rings. The van der Waals surface area contributed by atoms with Crippen LogP contribution < -0.4 is 15.5 Å². The minimum atomic E-state index is -0.0766. The van der Waals surface area contributed by atoms with Crippen molar-refractivity contribution in [2.75, 3.05) is 31.1 Å². The lowest BCUT2D eigenvalue weighted by Crippen LogP contribution is -2.46. The first-order valence-electron chi connectivity index (χ1n) is 9.96. The molecule has 0 saturated carbocycles. The number of carbonyl (C=O) groups is 1. The maximum absolute atomic E-state index is 12.6. The Bertz CT molecular complexity index is 932. The number of nitrogens with one attached hydrogen (secondary N) is 2. The van der Waals surface area contributed by atoms with Crippen molar-refractivity contribution in [2.45, 2.75) is 12.5 Å². The average molecular weight is 387 g/mol. The molecule has 1 saturated heterocycles. The van der Waals surface area contributed by atoms with Gasteiger partial charge in [-0.05, 0) is 35.7 Å². The van der Waals surface area contributed by atoms with Gasteiger partial charge in [0.2, 0.25) is 0 Å². The van der Waals surface area contributed by atoms with Gasteiger partial charge in [-0.2, -0.15) is 0 Å². The molecule has 1 aromatic carbocycles. The highest BCUT2D eigenvalue weighted by molar-refractivity contribution is 5.94. The van der Waals surface area contributed by atoms with E-state index in [1.54, 1.807) is 18.5 Å². The molecule has 0 radical (unpaired) electrons. The summed E-state index contributed by atoms with van der Waals surface area (Å²) < 4.78 is 0. The number of rotatable bonds is 6. The number of nitrogens with zero attached hydrogens (tertiary/aromatic N) is 3. The lowest BCUT2D eigenvalue weighted by molar-refractivity contribution is 0.0954. The first-order valence-corrected chi connectivity index (χ1v) is 9.96. The summed E-state index contributed by atoms with van der Waals surface area (Å²) in [4.78, 5) is 23.4. The second-order valence-electron chi connectivity index (χ2n) is 7.13. The van der Waals surface area contributed by atoms with Gasteiger partial charge in [-0.3, -0.25) is 9.78 Å². The van der Waals surface area contributed by atoms with Crippen LogP contribution >= 0.6 is 0 Å². The third-order valence-electron chi connectivity index (χ3n) is 5.13. The van der Waals surface area contributed by atoms with Crippen molar-refractivity contribution in [3.05, 3.63) is 89.9 Å². The van der Waals surface area contributed by atoms with Gasteiger partial charge >= 0.3 is 0 Å². The molecule has 0 unspecified atom stereocenters. The monoisotopic (exact) mass is 387 g/mol. The number of piperazine rings is 1. The highest BCUT2D eigenvalue weighted by Crippen LogP contribution is 2.21. The van der Waals surface area contributed by atoms with Gasteiger partial charge in [-0.1, -0.05) is 36.4 Å². The molecule has 1 aliphatic heterocycles. The lowest BCUT2D eigenvalue weighted by Gasteiger charge is -2.34. The van der Waals surface area contributed by atoms with Crippen molar-refractivity contribution in [3.63, 3.8) is 0 Å². The molecule has 1 aliphatic rings. The molecule has 0 bridgehead atoms. The topological polar surface area (TPSA) is 70.2 Å². The van der Waals surface area contributed by atoms with E-state index >= 15 is 0 Å². The standard InChI is InChI=1S/C23H25N5O/c29-23(27-11-8-18-5-4-10-24-16-18)20-9-12-26-22(15-20)28-14-13-25-21(17-28)19-6-2-1-3-7-19/h1-7,9-10,12,15-16,21,25H,8,11,13-14,17H2,(H,27,29)/t21-/m1/s1. The molecule has 1 atom stereocenters. The molecule has 2 aromatic heterocycles. The van der Waals surface area contributed by atoms with E-state index in [0.717, 1.165) is 37.4 Å². The number of amides is 1. The Morgan fingerprint density at radius 2 is 2.03 bits per heavy atom. The van der Waals surface area contributed by atoms with E-state index in [1.807, 2.05) is 30.5 Å². The second kappa shape index (κ2) is 9.30. The van der Waals surface area contributed by atoms with E-state index < -0.39 is 0 Å². The van der Waals surface area contributed by atoms with Crippen LogP contribution in [0.4, 0.5) is 5.82 Å². The Hall–Kier alpha value is -3.25. The minimum absolute atomic E-state index is 0.0766. The Labute approximate surface area is 171 Å². The molecule has 0 aliphatic carbocycles. The highest BCUT2D eigenvalue weighted by Gasteiger charge is 2.22. The molecule has 1 amide bonds. The summed E-state index contributed by atoms with van der Waals surface area (Å²) in [5, 5.41) is 6.55. The number of hydrogen-bond donors (Lipinski definition) is 2. The van der Waals surface area contributed by atoms with E-state index in [-0.39, 0.29) is 11.9 Å². The van der Waals surface area contributed by atoms with Crippen LogP contribution in [0.1, 0.15) is 27.5 Å². The van der Waals surface area contributed by atoms with Crippen LogP contribution in [0, 0.1) is 0 Å². The summed E-state index contributed by atoms with van der Waals surface area (Å²) in [6.45, 7) is 3.14. The molecule has 4 rings (SSSR count). The number of aromatic nitrogens is 2. The minimum Gasteiger partial charge on any atom is -0.353 e. The fourth-order valence-electron chi connectivity index (χ4n) is 3.57. The Kier molecular flexibility index (Phi) is 6.12. The molecule has 29 heavy (non-hydrogen) atoms. The molecular formula is C23H25N5O. The Balaban J connectivity index is 1.38. The summed E-state index contributed by atoms with van der Waals surface area (Å²) in [5.74, 6) is 0.764. The van der Waals surface area contributed by atoms with Gasteiger partial charge < -0.3 is 15.5 Å². The van der Waals surface area contributed by atoms with Crippen molar-refractivity contribution < 1.29 is 4.79 Å². The van der Waals surface area contributed by atoms with Crippen LogP contribution in [0.2, 0.25) is 0 Å². The predicted molar refractivity (Wildman–Crippen MR) is 114 cm³/mol. The summed E-state index contributed by atoms with van der Waals surface area (Å²) in [7, 11) is 0. The average Bonchev–Trinajstić information content (AvgIpc) is 2.80. The zero-order chi connectivity index (χ0) is 19.9. The van der Waals surface area contributed by atoms with Crippen molar-refractivity contribution in [1.29, 1.82) is 0 Å². The van der Waals surface area contributed by atoms with Gasteiger partial charge in [0.1, 0.15) is 5.82 Å². The molecule has 6 nitrogen and oxygen atoms in total. The fourth-order valence-corrected chi connectivity index (χ4v) is 3.57. The van der Waals surface area contributed by atoms with Gasteiger partial charge in [-0.25, -0.2) is 4.98 Å². The van der Waals surface area contributed by atoms with Gasteiger partial charge in [-0.15, -0.1) is 0 Å². The van der Waals surface area contributed by atoms with Gasteiger partial charge in [0.05, 0.1) is 0 Å². The maximum Gasteiger partial charge on any atom is 0.251 e. The SMILES string of the molecule is O=C(NCCc1cccnc1)c1ccnc(N2CCN[C@@H](c3ccccc3)C2)c1. The summed E-state index contributed by atoms with van der Waals surface area (Å²) in [6.07, 6.45) is 6.04. The van der Waals surface area contributed by atoms with Crippen LogP contribution in [0.5, 0.6) is 0 Å².